The number of nitrogen functional groups attached to an aromatic ring is 1. The Balaban J connectivity index is 1.99. The van der Waals surface area contributed by atoms with Gasteiger partial charge in [0.15, 0.2) is 0 Å². The second kappa shape index (κ2) is 3.84. The fourth-order valence-electron chi connectivity index (χ4n) is 1.61. The van der Waals surface area contributed by atoms with Crippen LogP contribution in [0.5, 0.6) is 0 Å². The molecule has 2 aromatic heterocycles. The van der Waals surface area contributed by atoms with Gasteiger partial charge in [0.2, 0.25) is 11.7 Å². The molecule has 0 atom stereocenters. The Hall–Kier alpha value is -2.90. The van der Waals surface area contributed by atoms with Gasteiger partial charge in [-0.3, -0.25) is 10.1 Å². The number of amides is 1. The molecule has 0 bridgehead atoms. The number of fused-ring (bicyclic) bond motifs is 1. The summed E-state index contributed by atoms with van der Waals surface area (Å²) in [5.41, 5.74) is 6.69. The van der Waals surface area contributed by atoms with E-state index in [2.05, 4.69) is 25.9 Å². The quantitative estimate of drug-likeness (QED) is 0.612. The van der Waals surface area contributed by atoms with Crippen LogP contribution in [0.1, 0.15) is 10.6 Å². The number of furan rings is 1. The van der Waals surface area contributed by atoms with Crippen molar-refractivity contribution in [3.8, 4) is 0 Å². The summed E-state index contributed by atoms with van der Waals surface area (Å²) in [5, 5.41) is 15.7. The smallest absolute Gasteiger partial charge is 0.295 e. The van der Waals surface area contributed by atoms with Crippen LogP contribution in [0.15, 0.2) is 28.7 Å². The zero-order chi connectivity index (χ0) is 12.5. The molecule has 1 amide bonds. The molecule has 4 N–H and O–H groups in total. The molecule has 18 heavy (non-hydrogen) atoms. The van der Waals surface area contributed by atoms with E-state index in [1.54, 1.807) is 18.2 Å². The van der Waals surface area contributed by atoms with Gasteiger partial charge in [-0.1, -0.05) is 17.2 Å². The van der Waals surface area contributed by atoms with Crippen LogP contribution in [-0.4, -0.2) is 26.5 Å². The predicted molar refractivity (Wildman–Crippen MR) is 62.8 cm³/mol. The van der Waals surface area contributed by atoms with Gasteiger partial charge < -0.3 is 10.2 Å². The van der Waals surface area contributed by atoms with Gasteiger partial charge in [0.25, 0.3) is 5.91 Å². The maximum atomic E-state index is 11.9. The zero-order valence-corrected chi connectivity index (χ0v) is 9.04. The van der Waals surface area contributed by atoms with Crippen molar-refractivity contribution >= 4 is 28.5 Å². The standard InChI is InChI=1S/C10H8N6O2/c11-7-5-3-1-2-4-6(5)18-8(7)9(17)12-10-13-15-16-14-10/h1-4H,11H2,(H2,12,13,14,15,16,17). The number of carbonyl (C=O) groups excluding carboxylic acids is 1. The first-order chi connectivity index (χ1) is 8.75. The molecule has 8 heteroatoms. The molecule has 2 heterocycles. The summed E-state index contributed by atoms with van der Waals surface area (Å²) in [4.78, 5) is 11.9. The van der Waals surface area contributed by atoms with Crippen molar-refractivity contribution in [2.75, 3.05) is 11.1 Å². The molecule has 0 saturated carbocycles. The lowest BCUT2D eigenvalue weighted by molar-refractivity contribution is 0.0999. The Kier molecular flexibility index (Phi) is 2.19. The highest BCUT2D eigenvalue weighted by atomic mass is 16.3. The van der Waals surface area contributed by atoms with E-state index in [1.165, 1.54) is 0 Å². The molecule has 90 valence electrons. The molecule has 0 aliphatic carbocycles. The zero-order valence-electron chi connectivity index (χ0n) is 9.04. The number of nitrogens with one attached hydrogen (secondary N) is 2. The topological polar surface area (TPSA) is 123 Å². The first-order valence-corrected chi connectivity index (χ1v) is 5.08. The number of carbonyl (C=O) groups is 1. The highest BCUT2D eigenvalue weighted by Crippen LogP contribution is 2.28. The van der Waals surface area contributed by atoms with Crippen molar-refractivity contribution in [3.63, 3.8) is 0 Å². The summed E-state index contributed by atoms with van der Waals surface area (Å²) < 4.78 is 5.39. The third-order valence-electron chi connectivity index (χ3n) is 2.42. The van der Waals surface area contributed by atoms with Gasteiger partial charge in [0.1, 0.15) is 5.58 Å². The van der Waals surface area contributed by atoms with Crippen molar-refractivity contribution < 1.29 is 9.21 Å². The Morgan fingerprint density at radius 2 is 2.22 bits per heavy atom. The second-order valence-electron chi connectivity index (χ2n) is 3.54. The van der Waals surface area contributed by atoms with E-state index >= 15 is 0 Å². The number of nitrogens with two attached hydrogens (primary N) is 1. The molecule has 0 fully saturated rings. The average molecular weight is 244 g/mol. The van der Waals surface area contributed by atoms with Crippen molar-refractivity contribution in [1.29, 1.82) is 0 Å². The van der Waals surface area contributed by atoms with Gasteiger partial charge in [-0.2, -0.15) is 0 Å². The van der Waals surface area contributed by atoms with E-state index in [-0.39, 0.29) is 17.4 Å². The molecule has 1 aromatic carbocycles. The number of benzene rings is 1. The SMILES string of the molecule is Nc1c(C(=O)Nc2nnn[nH]2)oc2ccccc12. The molecule has 0 radical (unpaired) electrons. The van der Waals surface area contributed by atoms with E-state index in [4.69, 9.17) is 10.2 Å². The van der Waals surface area contributed by atoms with Gasteiger partial charge in [0, 0.05) is 5.39 Å². The summed E-state index contributed by atoms with van der Waals surface area (Å²) in [6, 6.07) is 7.13. The summed E-state index contributed by atoms with van der Waals surface area (Å²) in [6.07, 6.45) is 0. The number of rotatable bonds is 2. The number of tetrazole rings is 1. The maximum absolute atomic E-state index is 11.9. The fraction of sp³-hybridized carbons (Fsp3) is 0. The predicted octanol–water partition coefficient (Wildman–Crippen LogP) is 0.780. The largest absolute Gasteiger partial charge is 0.449 e. The number of para-hydroxylation sites is 1. The number of aromatic nitrogens is 4. The summed E-state index contributed by atoms with van der Waals surface area (Å²) in [7, 11) is 0. The highest BCUT2D eigenvalue weighted by Gasteiger charge is 2.19. The van der Waals surface area contributed by atoms with E-state index in [9.17, 15) is 4.79 Å². The van der Waals surface area contributed by atoms with Gasteiger partial charge in [-0.25, -0.2) is 5.10 Å². The lowest BCUT2D eigenvalue weighted by Gasteiger charge is -1.97. The van der Waals surface area contributed by atoms with Crippen LogP contribution in [0, 0.1) is 0 Å². The van der Waals surface area contributed by atoms with Crippen molar-refractivity contribution in [2.45, 2.75) is 0 Å². The van der Waals surface area contributed by atoms with E-state index in [0.29, 0.717) is 11.0 Å². The number of nitrogens with zero attached hydrogens (tertiary/aromatic N) is 3. The normalized spacial score (nSPS) is 10.7. The molecule has 0 spiro atoms. The minimum atomic E-state index is -0.512. The van der Waals surface area contributed by atoms with Crippen LogP contribution >= 0.6 is 0 Å². The molecular weight excluding hydrogens is 236 g/mol. The lowest BCUT2D eigenvalue weighted by atomic mass is 10.2. The van der Waals surface area contributed by atoms with Crippen LogP contribution in [0.4, 0.5) is 11.6 Å². The Morgan fingerprint density at radius 1 is 1.39 bits per heavy atom. The monoisotopic (exact) mass is 244 g/mol. The molecule has 0 saturated heterocycles. The van der Waals surface area contributed by atoms with Crippen LogP contribution in [0.3, 0.4) is 0 Å². The van der Waals surface area contributed by atoms with Crippen LogP contribution in [0.2, 0.25) is 0 Å². The van der Waals surface area contributed by atoms with Crippen LogP contribution in [0.25, 0.3) is 11.0 Å². The molecular formula is C10H8N6O2. The fourth-order valence-corrected chi connectivity index (χ4v) is 1.61. The molecule has 8 nitrogen and oxygen atoms in total. The lowest BCUT2D eigenvalue weighted by Crippen LogP contribution is -2.13. The van der Waals surface area contributed by atoms with E-state index in [0.717, 1.165) is 0 Å². The summed E-state index contributed by atoms with van der Waals surface area (Å²) in [6.45, 7) is 0. The van der Waals surface area contributed by atoms with Crippen LogP contribution < -0.4 is 11.1 Å². The van der Waals surface area contributed by atoms with Crippen molar-refractivity contribution in [2.24, 2.45) is 0 Å². The number of anilines is 2. The van der Waals surface area contributed by atoms with Gasteiger partial charge in [-0.15, -0.1) is 0 Å². The highest BCUT2D eigenvalue weighted by molar-refractivity contribution is 6.10. The third kappa shape index (κ3) is 1.56. The number of aromatic amines is 1. The minimum absolute atomic E-state index is 0.0348. The first-order valence-electron chi connectivity index (χ1n) is 5.08. The molecule has 0 aliphatic rings. The second-order valence-corrected chi connectivity index (χ2v) is 3.54. The summed E-state index contributed by atoms with van der Waals surface area (Å²) in [5.74, 6) is -0.352. The summed E-state index contributed by atoms with van der Waals surface area (Å²) >= 11 is 0. The minimum Gasteiger partial charge on any atom is -0.449 e. The van der Waals surface area contributed by atoms with Gasteiger partial charge >= 0.3 is 0 Å². The van der Waals surface area contributed by atoms with Gasteiger partial charge in [0.05, 0.1) is 5.69 Å². The van der Waals surface area contributed by atoms with Crippen LogP contribution in [-0.2, 0) is 0 Å². The van der Waals surface area contributed by atoms with E-state index < -0.39 is 5.91 Å². The average Bonchev–Trinajstić information content (AvgIpc) is 2.98. The molecule has 0 unspecified atom stereocenters. The molecule has 3 rings (SSSR count). The first kappa shape index (κ1) is 10.3. The Morgan fingerprint density at radius 3 is 2.94 bits per heavy atom. The molecule has 0 aliphatic heterocycles. The molecule has 3 aromatic rings. The van der Waals surface area contributed by atoms with Gasteiger partial charge in [-0.05, 0) is 22.6 Å². The maximum Gasteiger partial charge on any atom is 0.295 e. The Labute approximate surface area is 100 Å². The van der Waals surface area contributed by atoms with E-state index in [1.807, 2.05) is 6.07 Å². The number of hydrogen-bond acceptors (Lipinski definition) is 6. The number of hydrogen-bond donors (Lipinski definition) is 3. The third-order valence-corrected chi connectivity index (χ3v) is 2.42. The number of H-pyrrole nitrogens is 1. The van der Waals surface area contributed by atoms with Crippen molar-refractivity contribution in [3.05, 3.63) is 30.0 Å². The van der Waals surface area contributed by atoms with Crippen molar-refractivity contribution in [1.82, 2.24) is 20.6 Å². The Bertz CT molecular complexity index is 702.